The molecule has 0 amide bonds. The van der Waals surface area contributed by atoms with Gasteiger partial charge in [-0.1, -0.05) is 29.9 Å². The molecule has 0 aromatic heterocycles. The van der Waals surface area contributed by atoms with Gasteiger partial charge in [-0.3, -0.25) is 0 Å². The van der Waals surface area contributed by atoms with Gasteiger partial charge in [0.25, 0.3) is 0 Å². The first-order chi connectivity index (χ1) is 8.56. The molecule has 2 nitrogen and oxygen atoms in total. The normalized spacial score (nSPS) is 10.1. The lowest BCUT2D eigenvalue weighted by molar-refractivity contribution is 0.479. The van der Waals surface area contributed by atoms with Crippen molar-refractivity contribution in [1.29, 1.82) is 0 Å². The van der Waals surface area contributed by atoms with Crippen molar-refractivity contribution in [2.75, 3.05) is 0 Å². The first-order valence-corrected chi connectivity index (χ1v) is 6.60. The van der Waals surface area contributed by atoms with E-state index in [2.05, 4.69) is 15.9 Å². The Kier molecular flexibility index (Phi) is 3.99. The highest BCUT2D eigenvalue weighted by molar-refractivity contribution is 9.10. The molecular formula is C14H12BrNOS. The van der Waals surface area contributed by atoms with Gasteiger partial charge in [-0.15, -0.1) is 0 Å². The zero-order valence-corrected chi connectivity index (χ0v) is 12.2. The molecule has 18 heavy (non-hydrogen) atoms. The van der Waals surface area contributed by atoms with Crippen molar-refractivity contribution >= 4 is 33.1 Å². The third-order valence-electron chi connectivity index (χ3n) is 2.47. The Balaban J connectivity index is 2.24. The Labute approximate surface area is 120 Å². The van der Waals surface area contributed by atoms with Crippen molar-refractivity contribution < 1.29 is 4.74 Å². The van der Waals surface area contributed by atoms with Gasteiger partial charge in [0.05, 0.1) is 4.47 Å². The van der Waals surface area contributed by atoms with E-state index in [0.29, 0.717) is 4.99 Å². The molecule has 92 valence electrons. The van der Waals surface area contributed by atoms with E-state index in [0.717, 1.165) is 21.5 Å². The van der Waals surface area contributed by atoms with Crippen LogP contribution in [-0.2, 0) is 0 Å². The van der Waals surface area contributed by atoms with Crippen molar-refractivity contribution in [3.63, 3.8) is 0 Å². The number of hydrogen-bond donors (Lipinski definition) is 1. The van der Waals surface area contributed by atoms with E-state index in [1.807, 2.05) is 49.4 Å². The molecule has 0 aliphatic carbocycles. The predicted molar refractivity (Wildman–Crippen MR) is 81.3 cm³/mol. The summed E-state index contributed by atoms with van der Waals surface area (Å²) in [6.07, 6.45) is 0. The standard InChI is InChI=1S/C14H12BrNOS/c1-9-2-5-11(6-3-9)17-13-7-4-10(14(16)18)8-12(13)15/h2-8H,1H3,(H2,16,18). The predicted octanol–water partition coefficient (Wildman–Crippen LogP) is 4.18. The molecule has 0 saturated heterocycles. The Hall–Kier alpha value is -1.39. The minimum atomic E-state index is 0.373. The number of halogens is 1. The van der Waals surface area contributed by atoms with Crippen LogP contribution in [0.2, 0.25) is 0 Å². The van der Waals surface area contributed by atoms with Crippen LogP contribution in [0.15, 0.2) is 46.9 Å². The fourth-order valence-electron chi connectivity index (χ4n) is 1.47. The number of aryl methyl sites for hydroxylation is 1. The third-order valence-corrected chi connectivity index (χ3v) is 3.32. The molecule has 0 unspecified atom stereocenters. The maximum atomic E-state index is 5.77. The molecule has 2 aromatic rings. The zero-order chi connectivity index (χ0) is 13.1. The second-order valence-electron chi connectivity index (χ2n) is 3.92. The molecule has 0 spiro atoms. The summed E-state index contributed by atoms with van der Waals surface area (Å²) in [5.74, 6) is 1.53. The second-order valence-corrected chi connectivity index (χ2v) is 5.22. The molecule has 2 aromatic carbocycles. The molecule has 4 heteroatoms. The second kappa shape index (κ2) is 5.50. The van der Waals surface area contributed by atoms with Gasteiger partial charge in [0.1, 0.15) is 16.5 Å². The molecule has 2 rings (SSSR count). The lowest BCUT2D eigenvalue weighted by Crippen LogP contribution is -2.08. The fourth-order valence-corrected chi connectivity index (χ4v) is 2.06. The number of nitrogens with two attached hydrogens (primary N) is 1. The van der Waals surface area contributed by atoms with Gasteiger partial charge in [0.15, 0.2) is 0 Å². The van der Waals surface area contributed by atoms with Gasteiger partial charge in [0, 0.05) is 5.56 Å². The fraction of sp³-hybridized carbons (Fsp3) is 0.0714. The average molecular weight is 322 g/mol. The Morgan fingerprint density at radius 2 is 1.83 bits per heavy atom. The number of thiocarbonyl (C=S) groups is 1. The maximum absolute atomic E-state index is 5.77. The highest BCUT2D eigenvalue weighted by Gasteiger charge is 2.05. The molecule has 0 bridgehead atoms. The summed E-state index contributed by atoms with van der Waals surface area (Å²) in [5, 5.41) is 0. The molecule has 0 radical (unpaired) electrons. The van der Waals surface area contributed by atoms with Crippen LogP contribution in [0.3, 0.4) is 0 Å². The first kappa shape index (κ1) is 13.1. The average Bonchev–Trinajstić information content (AvgIpc) is 2.34. The van der Waals surface area contributed by atoms with Crippen molar-refractivity contribution in [3.05, 3.63) is 58.1 Å². The van der Waals surface area contributed by atoms with E-state index in [1.165, 1.54) is 5.56 Å². The number of benzene rings is 2. The van der Waals surface area contributed by atoms with Crippen molar-refractivity contribution in [2.24, 2.45) is 5.73 Å². The van der Waals surface area contributed by atoms with E-state index < -0.39 is 0 Å². The van der Waals surface area contributed by atoms with Crippen LogP contribution in [0.25, 0.3) is 0 Å². The summed E-state index contributed by atoms with van der Waals surface area (Å²) in [7, 11) is 0. The minimum Gasteiger partial charge on any atom is -0.456 e. The monoisotopic (exact) mass is 321 g/mol. The van der Waals surface area contributed by atoms with Crippen molar-refractivity contribution in [1.82, 2.24) is 0 Å². The van der Waals surface area contributed by atoms with Crippen molar-refractivity contribution in [2.45, 2.75) is 6.92 Å². The number of hydrogen-bond acceptors (Lipinski definition) is 2. The quantitative estimate of drug-likeness (QED) is 0.861. The van der Waals surface area contributed by atoms with Crippen molar-refractivity contribution in [3.8, 4) is 11.5 Å². The number of ether oxygens (including phenoxy) is 1. The van der Waals surface area contributed by atoms with Gasteiger partial charge in [-0.2, -0.15) is 0 Å². The van der Waals surface area contributed by atoms with Crippen LogP contribution < -0.4 is 10.5 Å². The highest BCUT2D eigenvalue weighted by atomic mass is 79.9. The lowest BCUT2D eigenvalue weighted by Gasteiger charge is -2.09. The zero-order valence-electron chi connectivity index (χ0n) is 9.81. The van der Waals surface area contributed by atoms with Crippen LogP contribution >= 0.6 is 28.1 Å². The molecule has 2 N–H and O–H groups in total. The van der Waals surface area contributed by atoms with Crippen LogP contribution in [0, 0.1) is 6.92 Å². The molecule has 0 aliphatic heterocycles. The van der Waals surface area contributed by atoms with Gasteiger partial charge >= 0.3 is 0 Å². The van der Waals surface area contributed by atoms with E-state index in [-0.39, 0.29) is 0 Å². The summed E-state index contributed by atoms with van der Waals surface area (Å²) in [5.41, 5.74) is 7.58. The first-order valence-electron chi connectivity index (χ1n) is 5.40. The molecule has 0 fully saturated rings. The Morgan fingerprint density at radius 3 is 2.39 bits per heavy atom. The van der Waals surface area contributed by atoms with Gasteiger partial charge in [-0.25, -0.2) is 0 Å². The molecule has 0 saturated carbocycles. The summed E-state index contributed by atoms with van der Waals surface area (Å²) < 4.78 is 6.60. The summed E-state index contributed by atoms with van der Waals surface area (Å²) in [6.45, 7) is 2.04. The van der Waals surface area contributed by atoms with Crippen LogP contribution in [0.5, 0.6) is 11.5 Å². The highest BCUT2D eigenvalue weighted by Crippen LogP contribution is 2.30. The smallest absolute Gasteiger partial charge is 0.141 e. The van der Waals surface area contributed by atoms with E-state index >= 15 is 0 Å². The Morgan fingerprint density at radius 1 is 1.17 bits per heavy atom. The van der Waals surface area contributed by atoms with Crippen LogP contribution in [0.1, 0.15) is 11.1 Å². The van der Waals surface area contributed by atoms with Crippen LogP contribution in [-0.4, -0.2) is 4.99 Å². The largest absolute Gasteiger partial charge is 0.456 e. The third kappa shape index (κ3) is 3.09. The molecule has 0 heterocycles. The van der Waals surface area contributed by atoms with Gasteiger partial charge < -0.3 is 10.5 Å². The Bertz CT molecular complexity index is 581. The van der Waals surface area contributed by atoms with Crippen LogP contribution in [0.4, 0.5) is 0 Å². The van der Waals surface area contributed by atoms with Gasteiger partial charge in [-0.05, 0) is 53.2 Å². The minimum absolute atomic E-state index is 0.373. The summed E-state index contributed by atoms with van der Waals surface area (Å²) in [4.78, 5) is 0.373. The topological polar surface area (TPSA) is 35.2 Å². The lowest BCUT2D eigenvalue weighted by atomic mass is 10.2. The molecule has 0 aliphatic rings. The van der Waals surface area contributed by atoms with Gasteiger partial charge in [0.2, 0.25) is 0 Å². The summed E-state index contributed by atoms with van der Waals surface area (Å²) >= 11 is 8.37. The van der Waals surface area contributed by atoms with E-state index in [9.17, 15) is 0 Å². The molecular weight excluding hydrogens is 310 g/mol. The van der Waals surface area contributed by atoms with E-state index in [4.69, 9.17) is 22.7 Å². The van der Waals surface area contributed by atoms with E-state index in [1.54, 1.807) is 0 Å². The molecule has 0 atom stereocenters. The SMILES string of the molecule is Cc1ccc(Oc2ccc(C(N)=S)cc2Br)cc1. The number of rotatable bonds is 3. The summed E-state index contributed by atoms with van der Waals surface area (Å²) in [6, 6.07) is 13.4. The maximum Gasteiger partial charge on any atom is 0.141 e.